The molecule has 0 aliphatic carbocycles. The van der Waals surface area contributed by atoms with Crippen LogP contribution in [0.3, 0.4) is 0 Å². The highest BCUT2D eigenvalue weighted by molar-refractivity contribution is 7.98. The molecule has 0 saturated carbocycles. The van der Waals surface area contributed by atoms with Crippen LogP contribution in [0.2, 0.25) is 0 Å². The van der Waals surface area contributed by atoms with E-state index in [1.165, 1.54) is 0 Å². The summed E-state index contributed by atoms with van der Waals surface area (Å²) in [6.07, 6.45) is 8.05. The first-order valence-corrected chi connectivity index (χ1v) is 9.31. The molecule has 1 aliphatic rings. The summed E-state index contributed by atoms with van der Waals surface area (Å²) in [5.41, 5.74) is 1.34. The van der Waals surface area contributed by atoms with Gasteiger partial charge < -0.3 is 14.3 Å². The molecule has 5 nitrogen and oxygen atoms in total. The third-order valence-electron chi connectivity index (χ3n) is 4.43. The van der Waals surface area contributed by atoms with Crippen molar-refractivity contribution in [2.45, 2.75) is 30.4 Å². The van der Waals surface area contributed by atoms with E-state index in [0.29, 0.717) is 11.4 Å². The fourth-order valence-corrected chi connectivity index (χ4v) is 3.62. The number of pyridine rings is 1. The molecule has 4 rings (SSSR count). The zero-order valence-electron chi connectivity index (χ0n) is 13.5. The highest BCUT2D eigenvalue weighted by Gasteiger charge is 2.19. The van der Waals surface area contributed by atoms with Crippen LogP contribution in [0.1, 0.15) is 12.8 Å². The molecule has 6 heteroatoms. The van der Waals surface area contributed by atoms with E-state index in [0.717, 1.165) is 41.8 Å². The topological polar surface area (TPSA) is 59.9 Å². The first-order valence-electron chi connectivity index (χ1n) is 8.09. The highest BCUT2D eigenvalue weighted by Crippen LogP contribution is 2.24. The van der Waals surface area contributed by atoms with Crippen LogP contribution in [0.15, 0.2) is 46.3 Å². The summed E-state index contributed by atoms with van der Waals surface area (Å²) in [6.45, 7) is 1.56. The van der Waals surface area contributed by atoms with Crippen molar-refractivity contribution in [3.63, 3.8) is 0 Å². The summed E-state index contributed by atoms with van der Waals surface area (Å²) >= 11 is 1.66. The maximum atomic E-state index is 12.6. The predicted molar refractivity (Wildman–Crippen MR) is 96.5 cm³/mol. The van der Waals surface area contributed by atoms with Crippen LogP contribution in [0, 0.1) is 0 Å². The molecule has 0 amide bonds. The van der Waals surface area contributed by atoms with E-state index in [9.17, 15) is 4.79 Å². The number of aromatic nitrogens is 3. The van der Waals surface area contributed by atoms with Crippen LogP contribution < -0.4 is 5.56 Å². The first-order chi connectivity index (χ1) is 11.7. The third-order valence-corrected chi connectivity index (χ3v) is 5.16. The lowest BCUT2D eigenvalue weighted by molar-refractivity contribution is 0.0973. The lowest BCUT2D eigenvalue weighted by Crippen LogP contribution is -2.17. The number of aromatic amines is 1. The Hall–Kier alpha value is -2.05. The second-order valence-corrected chi connectivity index (χ2v) is 6.88. The molecule has 1 fully saturated rings. The molecular weight excluding hydrogens is 322 g/mol. The number of H-pyrrole nitrogens is 1. The summed E-state index contributed by atoms with van der Waals surface area (Å²) in [7, 11) is 0. The van der Waals surface area contributed by atoms with Crippen LogP contribution in [-0.2, 0) is 11.3 Å². The van der Waals surface area contributed by atoms with Crippen molar-refractivity contribution in [1.29, 1.82) is 0 Å². The molecule has 1 aromatic carbocycles. The van der Waals surface area contributed by atoms with Crippen LogP contribution in [0.4, 0.5) is 0 Å². The van der Waals surface area contributed by atoms with Crippen molar-refractivity contribution < 1.29 is 4.74 Å². The van der Waals surface area contributed by atoms with Gasteiger partial charge in [0, 0.05) is 29.4 Å². The molecule has 24 heavy (non-hydrogen) atoms. The number of nitrogens with one attached hydrogen (secondary N) is 1. The van der Waals surface area contributed by atoms with Gasteiger partial charge in [-0.05, 0) is 42.7 Å². The molecule has 124 valence electrons. The summed E-state index contributed by atoms with van der Waals surface area (Å²) in [6, 6.07) is 8.03. The number of hydrogen-bond donors (Lipinski definition) is 1. The average molecular weight is 341 g/mol. The minimum Gasteiger partial charge on any atom is -0.376 e. The molecule has 0 radical (unpaired) electrons. The molecular formula is C18H19N3O2S. The number of fused-ring (bicyclic) bond motifs is 1. The predicted octanol–water partition coefficient (Wildman–Crippen LogP) is 3.29. The SMILES string of the molecule is CSc1ccc2cc(-c3nccn3CC3CCCO3)c(=O)[nH]c2c1. The Morgan fingerprint density at radius 2 is 2.33 bits per heavy atom. The first kappa shape index (κ1) is 15.5. The maximum Gasteiger partial charge on any atom is 0.259 e. The van der Waals surface area contributed by atoms with Crippen LogP contribution >= 0.6 is 11.8 Å². The quantitative estimate of drug-likeness (QED) is 0.740. The van der Waals surface area contributed by atoms with Crippen molar-refractivity contribution in [2.24, 2.45) is 0 Å². The largest absolute Gasteiger partial charge is 0.376 e. The van der Waals surface area contributed by atoms with Crippen molar-refractivity contribution in [2.75, 3.05) is 12.9 Å². The van der Waals surface area contributed by atoms with E-state index in [-0.39, 0.29) is 11.7 Å². The Morgan fingerprint density at radius 1 is 1.42 bits per heavy atom. The van der Waals surface area contributed by atoms with Crippen molar-refractivity contribution in [3.05, 3.63) is 47.0 Å². The number of ether oxygens (including phenoxy) is 1. The molecule has 3 heterocycles. The zero-order valence-corrected chi connectivity index (χ0v) is 14.3. The Morgan fingerprint density at radius 3 is 3.12 bits per heavy atom. The van der Waals surface area contributed by atoms with Crippen LogP contribution in [0.5, 0.6) is 0 Å². The van der Waals surface area contributed by atoms with Gasteiger partial charge in [0.25, 0.3) is 5.56 Å². The summed E-state index contributed by atoms with van der Waals surface area (Å²) < 4.78 is 7.72. The number of nitrogens with zero attached hydrogens (tertiary/aromatic N) is 2. The Balaban J connectivity index is 1.75. The van der Waals surface area contributed by atoms with Gasteiger partial charge in [0.2, 0.25) is 0 Å². The van der Waals surface area contributed by atoms with Gasteiger partial charge in [-0.1, -0.05) is 6.07 Å². The van der Waals surface area contributed by atoms with Gasteiger partial charge >= 0.3 is 0 Å². The lowest BCUT2D eigenvalue weighted by Gasteiger charge is -2.13. The number of thioether (sulfide) groups is 1. The van der Waals surface area contributed by atoms with Crippen molar-refractivity contribution >= 4 is 22.7 Å². The molecule has 0 bridgehead atoms. The van der Waals surface area contributed by atoms with Crippen LogP contribution in [0.25, 0.3) is 22.3 Å². The Labute approximate surface area is 144 Å². The van der Waals surface area contributed by atoms with E-state index in [1.807, 2.05) is 35.2 Å². The van der Waals surface area contributed by atoms with E-state index < -0.39 is 0 Å². The number of rotatable bonds is 4. The molecule has 1 unspecified atom stereocenters. The van der Waals surface area contributed by atoms with Gasteiger partial charge in [-0.25, -0.2) is 4.98 Å². The van der Waals surface area contributed by atoms with Gasteiger partial charge in [-0.3, -0.25) is 4.79 Å². The van der Waals surface area contributed by atoms with Crippen molar-refractivity contribution in [1.82, 2.24) is 14.5 Å². The summed E-state index contributed by atoms with van der Waals surface area (Å²) in [5.74, 6) is 0.697. The molecule has 1 N–H and O–H groups in total. The van der Waals surface area contributed by atoms with Crippen LogP contribution in [-0.4, -0.2) is 33.5 Å². The van der Waals surface area contributed by atoms with Gasteiger partial charge in [0.1, 0.15) is 5.82 Å². The zero-order chi connectivity index (χ0) is 16.5. The minimum atomic E-state index is -0.111. The van der Waals surface area contributed by atoms with E-state index >= 15 is 0 Å². The van der Waals surface area contributed by atoms with E-state index in [2.05, 4.69) is 16.0 Å². The number of benzene rings is 1. The van der Waals surface area contributed by atoms with E-state index in [4.69, 9.17) is 4.74 Å². The Kier molecular flexibility index (Phi) is 4.16. The third kappa shape index (κ3) is 2.87. The van der Waals surface area contributed by atoms with Gasteiger partial charge in [-0.15, -0.1) is 11.8 Å². The standard InChI is InChI=1S/C18H19N3O2S/c1-24-14-5-4-12-9-15(18(22)20-16(12)10-14)17-19-6-7-21(17)11-13-3-2-8-23-13/h4-7,9-10,13H,2-3,8,11H2,1H3,(H,20,22). The maximum absolute atomic E-state index is 12.6. The van der Waals surface area contributed by atoms with Gasteiger partial charge in [0.15, 0.2) is 0 Å². The van der Waals surface area contributed by atoms with Gasteiger partial charge in [-0.2, -0.15) is 0 Å². The summed E-state index contributed by atoms with van der Waals surface area (Å²) in [4.78, 5) is 21.1. The molecule has 1 aliphatic heterocycles. The second kappa shape index (κ2) is 6.45. The Bertz CT molecular complexity index is 925. The monoisotopic (exact) mass is 341 g/mol. The molecule has 0 spiro atoms. The molecule has 1 atom stereocenters. The average Bonchev–Trinajstić information content (AvgIpc) is 3.26. The highest BCUT2D eigenvalue weighted by atomic mass is 32.2. The van der Waals surface area contributed by atoms with Crippen molar-refractivity contribution in [3.8, 4) is 11.4 Å². The minimum absolute atomic E-state index is 0.111. The fourth-order valence-electron chi connectivity index (χ4n) is 3.18. The smallest absolute Gasteiger partial charge is 0.259 e. The van der Waals surface area contributed by atoms with Gasteiger partial charge in [0.05, 0.1) is 18.2 Å². The number of hydrogen-bond acceptors (Lipinski definition) is 4. The molecule has 3 aromatic rings. The fraction of sp³-hybridized carbons (Fsp3) is 0.333. The van der Waals surface area contributed by atoms with E-state index in [1.54, 1.807) is 18.0 Å². The summed E-state index contributed by atoms with van der Waals surface area (Å²) in [5, 5.41) is 1.01. The molecule has 1 saturated heterocycles. The number of imidazole rings is 1. The molecule has 2 aromatic heterocycles. The lowest BCUT2D eigenvalue weighted by atomic mass is 10.1. The second-order valence-electron chi connectivity index (χ2n) is 6.00. The normalized spacial score (nSPS) is 17.6.